The molecule has 4 rings (SSSR count). The number of benzene rings is 1. The van der Waals surface area contributed by atoms with E-state index in [9.17, 15) is 4.79 Å². The number of rotatable bonds is 5. The molecule has 1 aliphatic rings. The number of nitrogens with zero attached hydrogens (tertiary/aromatic N) is 3. The van der Waals surface area contributed by atoms with Gasteiger partial charge >= 0.3 is 0 Å². The van der Waals surface area contributed by atoms with Crippen molar-refractivity contribution in [1.29, 1.82) is 0 Å². The molecule has 0 atom stereocenters. The lowest BCUT2D eigenvalue weighted by molar-refractivity contribution is -0.121. The van der Waals surface area contributed by atoms with Crippen LogP contribution in [0.15, 0.2) is 40.2 Å². The van der Waals surface area contributed by atoms with E-state index in [1.54, 1.807) is 17.4 Å². The Bertz CT molecular complexity index is 949. The summed E-state index contributed by atoms with van der Waals surface area (Å²) in [6, 6.07) is 9.45. The highest BCUT2D eigenvalue weighted by atomic mass is 35.5. The summed E-state index contributed by atoms with van der Waals surface area (Å²) in [6.45, 7) is 4.21. The minimum Gasteiger partial charge on any atom is -0.338 e. The first kappa shape index (κ1) is 19.1. The van der Waals surface area contributed by atoms with E-state index in [1.165, 1.54) is 0 Å². The summed E-state index contributed by atoms with van der Waals surface area (Å²) in [7, 11) is 0. The molecular weight excluding hydrogens is 396 g/mol. The minimum absolute atomic E-state index is 0.00990. The number of halogens is 1. The Kier molecular flexibility index (Phi) is 5.75. The molecule has 146 valence electrons. The average Bonchev–Trinajstić information content (AvgIpc) is 3.36. The molecular formula is C20H21ClN4O2S. The SMILES string of the molecule is Cc1cc(Cl)ccc1NC(=O)C1CCN(Cc2nc(-c3cccs3)no2)CC1. The number of piperidine rings is 1. The smallest absolute Gasteiger partial charge is 0.241 e. The van der Waals surface area contributed by atoms with Crippen LogP contribution in [-0.2, 0) is 11.3 Å². The van der Waals surface area contributed by atoms with Crippen molar-refractivity contribution in [3.05, 3.63) is 52.2 Å². The summed E-state index contributed by atoms with van der Waals surface area (Å²) in [6.07, 6.45) is 1.62. The molecule has 1 aliphatic heterocycles. The van der Waals surface area contributed by atoms with Gasteiger partial charge in [0, 0.05) is 16.6 Å². The van der Waals surface area contributed by atoms with Crippen LogP contribution in [0.3, 0.4) is 0 Å². The fraction of sp³-hybridized carbons (Fsp3) is 0.350. The first-order chi connectivity index (χ1) is 13.6. The normalized spacial score (nSPS) is 15.6. The van der Waals surface area contributed by atoms with Crippen LogP contribution in [0.5, 0.6) is 0 Å². The summed E-state index contributed by atoms with van der Waals surface area (Å²) in [5.41, 5.74) is 1.79. The van der Waals surface area contributed by atoms with Crippen molar-refractivity contribution in [3.63, 3.8) is 0 Å². The predicted octanol–water partition coefficient (Wildman–Crippen LogP) is 4.61. The van der Waals surface area contributed by atoms with Crippen molar-refractivity contribution in [2.45, 2.75) is 26.3 Å². The van der Waals surface area contributed by atoms with Gasteiger partial charge in [0.05, 0.1) is 11.4 Å². The number of thiophene rings is 1. The van der Waals surface area contributed by atoms with Crippen molar-refractivity contribution >= 4 is 34.5 Å². The fourth-order valence-corrected chi connectivity index (χ4v) is 4.25. The number of aryl methyl sites for hydroxylation is 1. The summed E-state index contributed by atoms with van der Waals surface area (Å²) in [5.74, 6) is 1.33. The molecule has 2 aromatic heterocycles. The van der Waals surface area contributed by atoms with Crippen molar-refractivity contribution in [3.8, 4) is 10.7 Å². The van der Waals surface area contributed by atoms with Crippen molar-refractivity contribution in [1.82, 2.24) is 15.0 Å². The maximum absolute atomic E-state index is 12.6. The van der Waals surface area contributed by atoms with Gasteiger partial charge in [-0.1, -0.05) is 22.8 Å². The van der Waals surface area contributed by atoms with Crippen LogP contribution >= 0.6 is 22.9 Å². The van der Waals surface area contributed by atoms with Crippen molar-refractivity contribution in [2.24, 2.45) is 5.92 Å². The van der Waals surface area contributed by atoms with E-state index < -0.39 is 0 Å². The lowest BCUT2D eigenvalue weighted by atomic mass is 9.95. The largest absolute Gasteiger partial charge is 0.338 e. The molecule has 6 nitrogen and oxygen atoms in total. The molecule has 0 aliphatic carbocycles. The summed E-state index contributed by atoms with van der Waals surface area (Å²) in [4.78, 5) is 20.3. The molecule has 1 N–H and O–H groups in total. The number of amides is 1. The Morgan fingerprint density at radius 1 is 1.36 bits per heavy atom. The molecule has 28 heavy (non-hydrogen) atoms. The Labute approximate surface area is 172 Å². The van der Waals surface area contributed by atoms with Gasteiger partial charge in [-0.2, -0.15) is 4.98 Å². The minimum atomic E-state index is 0.00990. The van der Waals surface area contributed by atoms with Gasteiger partial charge in [0.2, 0.25) is 17.6 Å². The second kappa shape index (κ2) is 8.43. The molecule has 3 heterocycles. The van der Waals surface area contributed by atoms with Crippen LogP contribution in [0, 0.1) is 12.8 Å². The Morgan fingerprint density at radius 2 is 2.18 bits per heavy atom. The first-order valence-electron chi connectivity index (χ1n) is 9.24. The standard InChI is InChI=1S/C20H21ClN4O2S/c1-13-11-15(21)4-5-16(13)22-20(26)14-6-8-25(9-7-14)12-18-23-19(24-27-18)17-3-2-10-28-17/h2-5,10-11,14H,6-9,12H2,1H3,(H,22,26). The van der Waals surface area contributed by atoms with Crippen LogP contribution < -0.4 is 5.32 Å². The van der Waals surface area contributed by atoms with Crippen LogP contribution in [0.2, 0.25) is 5.02 Å². The molecule has 8 heteroatoms. The Balaban J connectivity index is 1.29. The molecule has 0 bridgehead atoms. The highest BCUT2D eigenvalue weighted by molar-refractivity contribution is 7.13. The van der Waals surface area contributed by atoms with E-state index in [2.05, 4.69) is 20.4 Å². The quantitative estimate of drug-likeness (QED) is 0.657. The first-order valence-corrected chi connectivity index (χ1v) is 10.5. The van der Waals surface area contributed by atoms with Crippen molar-refractivity contribution < 1.29 is 9.32 Å². The van der Waals surface area contributed by atoms with Crippen LogP contribution in [0.1, 0.15) is 24.3 Å². The Morgan fingerprint density at radius 3 is 2.89 bits per heavy atom. The number of hydrogen-bond donors (Lipinski definition) is 1. The van der Waals surface area contributed by atoms with E-state index in [0.29, 0.717) is 23.3 Å². The number of nitrogens with one attached hydrogen (secondary N) is 1. The fourth-order valence-electron chi connectivity index (χ4n) is 3.37. The Hall–Kier alpha value is -2.22. The van der Waals surface area contributed by atoms with E-state index in [1.807, 2.05) is 36.6 Å². The molecule has 0 radical (unpaired) electrons. The van der Waals surface area contributed by atoms with Gasteiger partial charge in [-0.3, -0.25) is 9.69 Å². The number of hydrogen-bond acceptors (Lipinski definition) is 6. The number of carbonyl (C=O) groups is 1. The van der Waals surface area contributed by atoms with Gasteiger partial charge in [0.15, 0.2) is 0 Å². The molecule has 1 amide bonds. The van der Waals surface area contributed by atoms with Crippen LogP contribution in [-0.4, -0.2) is 34.0 Å². The topological polar surface area (TPSA) is 71.3 Å². The molecule has 1 aromatic carbocycles. The highest BCUT2D eigenvalue weighted by Gasteiger charge is 2.26. The lowest BCUT2D eigenvalue weighted by Gasteiger charge is -2.30. The van der Waals surface area contributed by atoms with E-state index in [4.69, 9.17) is 16.1 Å². The number of likely N-dealkylation sites (tertiary alicyclic amines) is 1. The zero-order valence-electron chi connectivity index (χ0n) is 15.5. The average molecular weight is 417 g/mol. The molecule has 3 aromatic rings. The summed E-state index contributed by atoms with van der Waals surface area (Å²) in [5, 5.41) is 9.75. The van der Waals surface area contributed by atoms with Gasteiger partial charge in [-0.15, -0.1) is 11.3 Å². The van der Waals surface area contributed by atoms with Gasteiger partial charge in [-0.05, 0) is 68.1 Å². The molecule has 0 unspecified atom stereocenters. The summed E-state index contributed by atoms with van der Waals surface area (Å²) < 4.78 is 5.38. The molecule has 0 spiro atoms. The summed E-state index contributed by atoms with van der Waals surface area (Å²) >= 11 is 7.57. The van der Waals surface area contributed by atoms with E-state index >= 15 is 0 Å². The number of carbonyl (C=O) groups excluding carboxylic acids is 1. The van der Waals surface area contributed by atoms with Crippen molar-refractivity contribution in [2.75, 3.05) is 18.4 Å². The highest BCUT2D eigenvalue weighted by Crippen LogP contribution is 2.25. The van der Waals surface area contributed by atoms with Crippen LogP contribution in [0.4, 0.5) is 5.69 Å². The second-order valence-corrected chi connectivity index (χ2v) is 8.37. The lowest BCUT2D eigenvalue weighted by Crippen LogP contribution is -2.37. The van der Waals surface area contributed by atoms with E-state index in [-0.39, 0.29) is 11.8 Å². The maximum Gasteiger partial charge on any atom is 0.241 e. The monoisotopic (exact) mass is 416 g/mol. The van der Waals surface area contributed by atoms with Gasteiger partial charge in [-0.25, -0.2) is 0 Å². The molecule has 1 fully saturated rings. The van der Waals surface area contributed by atoms with E-state index in [0.717, 1.165) is 42.1 Å². The van der Waals surface area contributed by atoms with Gasteiger partial charge < -0.3 is 9.84 Å². The second-order valence-electron chi connectivity index (χ2n) is 6.99. The number of aromatic nitrogens is 2. The third kappa shape index (κ3) is 4.43. The van der Waals surface area contributed by atoms with Gasteiger partial charge in [0.25, 0.3) is 0 Å². The zero-order valence-corrected chi connectivity index (χ0v) is 17.1. The maximum atomic E-state index is 12.6. The third-order valence-electron chi connectivity index (χ3n) is 4.97. The van der Waals surface area contributed by atoms with Gasteiger partial charge in [0.1, 0.15) is 0 Å². The zero-order chi connectivity index (χ0) is 19.5. The third-order valence-corrected chi connectivity index (χ3v) is 6.07. The predicted molar refractivity (Wildman–Crippen MR) is 110 cm³/mol. The molecule has 1 saturated heterocycles. The number of anilines is 1. The molecule has 0 saturated carbocycles. The van der Waals surface area contributed by atoms with Crippen LogP contribution in [0.25, 0.3) is 10.7 Å².